The third kappa shape index (κ3) is 5.04. The molecule has 9 nitrogen and oxygen atoms in total. The van der Waals surface area contributed by atoms with Crippen molar-refractivity contribution in [3.8, 4) is 16.3 Å². The van der Waals surface area contributed by atoms with E-state index in [0.29, 0.717) is 23.5 Å². The van der Waals surface area contributed by atoms with Gasteiger partial charge in [0.25, 0.3) is 5.56 Å². The largest absolute Gasteiger partial charge is 0.399 e. The van der Waals surface area contributed by atoms with Gasteiger partial charge in [-0.15, -0.1) is 11.3 Å². The molecule has 6 rings (SSSR count). The van der Waals surface area contributed by atoms with Crippen LogP contribution in [0.3, 0.4) is 0 Å². The number of carbonyl (C=O) groups is 1. The summed E-state index contributed by atoms with van der Waals surface area (Å²) in [6, 6.07) is 13.7. The molecule has 1 amide bonds. The first-order valence-electron chi connectivity index (χ1n) is 13.3. The van der Waals surface area contributed by atoms with Crippen LogP contribution in [-0.4, -0.2) is 39.0 Å². The van der Waals surface area contributed by atoms with Crippen LogP contribution in [0.15, 0.2) is 82.7 Å². The summed E-state index contributed by atoms with van der Waals surface area (Å²) in [6.45, 7) is -0.112. The maximum Gasteiger partial charge on any atom is 0.338 e. The fourth-order valence-electron chi connectivity index (χ4n) is 5.11. The Labute approximate surface area is 248 Å². The van der Waals surface area contributed by atoms with E-state index in [-0.39, 0.29) is 33.9 Å². The lowest BCUT2D eigenvalue weighted by Crippen LogP contribution is -2.39. The van der Waals surface area contributed by atoms with Gasteiger partial charge in [0.05, 0.1) is 23.8 Å². The van der Waals surface area contributed by atoms with Gasteiger partial charge in [-0.2, -0.15) is 0 Å². The molecule has 1 aliphatic rings. The van der Waals surface area contributed by atoms with Crippen LogP contribution in [0.5, 0.6) is 0 Å². The normalized spacial score (nSPS) is 13.1. The van der Waals surface area contributed by atoms with Gasteiger partial charge in [0.2, 0.25) is 5.91 Å². The number of benzene rings is 2. The van der Waals surface area contributed by atoms with Gasteiger partial charge in [0.15, 0.2) is 0 Å². The number of fused-ring (bicyclic) bond motifs is 1. The van der Waals surface area contributed by atoms with Crippen LogP contribution in [0.1, 0.15) is 17.5 Å². The number of rotatable bonds is 7. The number of nitrogen functional groups attached to an aromatic ring is 1. The highest BCUT2D eigenvalue weighted by Crippen LogP contribution is 2.38. The smallest absolute Gasteiger partial charge is 0.338 e. The Bertz CT molecular complexity index is 2010. The number of aromatic nitrogens is 3. The third-order valence-electron chi connectivity index (χ3n) is 7.15. The van der Waals surface area contributed by atoms with Crippen molar-refractivity contribution < 1.29 is 13.6 Å². The number of amides is 1. The van der Waals surface area contributed by atoms with Gasteiger partial charge >= 0.3 is 5.69 Å². The number of hydrogen-bond donors (Lipinski definition) is 1. The lowest BCUT2D eigenvalue weighted by atomic mass is 10.1. The molecule has 3 aromatic heterocycles. The van der Waals surface area contributed by atoms with Gasteiger partial charge < -0.3 is 10.6 Å². The van der Waals surface area contributed by atoms with E-state index in [1.807, 2.05) is 31.1 Å². The molecule has 0 radical (unpaired) electrons. The second-order valence-electron chi connectivity index (χ2n) is 10.4. The Balaban J connectivity index is 1.64. The van der Waals surface area contributed by atoms with Crippen LogP contribution in [0.4, 0.5) is 20.2 Å². The first-order chi connectivity index (χ1) is 20.6. The quantitative estimate of drug-likeness (QED) is 0.276. The number of thiophene rings is 1. The van der Waals surface area contributed by atoms with Crippen LogP contribution in [0.25, 0.3) is 26.5 Å². The maximum absolute atomic E-state index is 14.9. The van der Waals surface area contributed by atoms with Crippen LogP contribution in [0, 0.1) is 11.6 Å². The molecule has 0 bridgehead atoms. The van der Waals surface area contributed by atoms with Crippen molar-refractivity contribution in [2.75, 3.05) is 24.7 Å². The van der Waals surface area contributed by atoms with Crippen molar-refractivity contribution in [1.82, 2.24) is 19.0 Å². The second-order valence-corrected chi connectivity index (χ2v) is 11.4. The molecule has 4 heterocycles. The van der Waals surface area contributed by atoms with Crippen LogP contribution >= 0.6 is 11.3 Å². The summed E-state index contributed by atoms with van der Waals surface area (Å²) in [6.07, 6.45) is 5.01. The van der Waals surface area contributed by atoms with E-state index in [4.69, 9.17) is 5.73 Å². The third-order valence-corrected chi connectivity index (χ3v) is 8.46. The molecule has 12 heteroatoms. The molecule has 0 aliphatic carbocycles. The summed E-state index contributed by atoms with van der Waals surface area (Å²) in [4.78, 5) is 49.2. The van der Waals surface area contributed by atoms with Gasteiger partial charge in [-0.05, 0) is 61.6 Å². The Morgan fingerprint density at radius 1 is 0.977 bits per heavy atom. The van der Waals surface area contributed by atoms with E-state index in [1.54, 1.807) is 30.5 Å². The van der Waals surface area contributed by atoms with E-state index >= 15 is 0 Å². The molecule has 2 aromatic carbocycles. The van der Waals surface area contributed by atoms with E-state index in [1.165, 1.54) is 39.1 Å². The van der Waals surface area contributed by atoms with Crippen molar-refractivity contribution in [3.05, 3.63) is 117 Å². The van der Waals surface area contributed by atoms with Crippen molar-refractivity contribution in [2.24, 2.45) is 0 Å². The SMILES string of the molecule is CN(C)Cc1c(-c2ccc(N)cc2)sc2c1c(=O)n(-c1ccc(N3C=CCC3=O)cn1)c(=O)n2Cc1c(F)cccc1F. The first kappa shape index (κ1) is 28.2. The van der Waals surface area contributed by atoms with E-state index in [9.17, 15) is 23.2 Å². The van der Waals surface area contributed by atoms with Crippen molar-refractivity contribution in [2.45, 2.75) is 19.5 Å². The van der Waals surface area contributed by atoms with Gasteiger partial charge in [-0.1, -0.05) is 24.3 Å². The summed E-state index contributed by atoms with van der Waals surface area (Å²) < 4.78 is 31.9. The number of halogens is 2. The van der Waals surface area contributed by atoms with Gasteiger partial charge in [0, 0.05) is 35.3 Å². The Morgan fingerprint density at radius 3 is 2.30 bits per heavy atom. The predicted octanol–water partition coefficient (Wildman–Crippen LogP) is 4.50. The van der Waals surface area contributed by atoms with Gasteiger partial charge in [-0.3, -0.25) is 19.1 Å². The van der Waals surface area contributed by atoms with E-state index in [2.05, 4.69) is 4.98 Å². The average molecular weight is 601 g/mol. The highest BCUT2D eigenvalue weighted by molar-refractivity contribution is 7.22. The van der Waals surface area contributed by atoms with Crippen molar-refractivity contribution in [3.63, 3.8) is 0 Å². The Kier molecular flexibility index (Phi) is 7.24. The lowest BCUT2D eigenvalue weighted by molar-refractivity contribution is -0.116. The first-order valence-corrected chi connectivity index (χ1v) is 14.2. The molecule has 0 fully saturated rings. The zero-order valence-electron chi connectivity index (χ0n) is 23.3. The van der Waals surface area contributed by atoms with E-state index in [0.717, 1.165) is 27.1 Å². The Morgan fingerprint density at radius 2 is 1.70 bits per heavy atom. The minimum absolute atomic E-state index is 0.00932. The molecular weight excluding hydrogens is 574 g/mol. The van der Waals surface area contributed by atoms with Crippen molar-refractivity contribution in [1.29, 1.82) is 0 Å². The minimum Gasteiger partial charge on any atom is -0.399 e. The fraction of sp³-hybridized carbons (Fsp3) is 0.161. The molecule has 0 atom stereocenters. The van der Waals surface area contributed by atoms with Crippen LogP contribution in [0.2, 0.25) is 0 Å². The summed E-state index contributed by atoms with van der Waals surface area (Å²) in [7, 11) is 3.71. The molecule has 43 heavy (non-hydrogen) atoms. The number of nitrogens with zero attached hydrogens (tertiary/aromatic N) is 5. The topological polar surface area (TPSA) is 106 Å². The molecule has 0 saturated carbocycles. The summed E-state index contributed by atoms with van der Waals surface area (Å²) in [5, 5.41) is 0.241. The number of nitrogens with two attached hydrogens (primary N) is 1. The Hall–Kier alpha value is -4.94. The van der Waals surface area contributed by atoms with Crippen LogP contribution < -0.4 is 21.9 Å². The monoisotopic (exact) mass is 600 g/mol. The maximum atomic E-state index is 14.9. The number of hydrogen-bond acceptors (Lipinski definition) is 7. The summed E-state index contributed by atoms with van der Waals surface area (Å²) in [5.74, 6) is -1.75. The molecule has 1 aliphatic heterocycles. The zero-order valence-corrected chi connectivity index (χ0v) is 24.1. The standard InChI is InChI=1S/C31H26F2N6O3S/c1-36(2)16-22-27-29(41)39(25-13-12-20(15-35-25)37-14-4-7-26(37)40)31(42)38(17-21-23(32)5-3-6-24(21)33)30(27)43-28(22)18-8-10-19(34)11-9-18/h3-6,8-15H,7,16-17,34H2,1-2H3. The highest BCUT2D eigenvalue weighted by Gasteiger charge is 2.26. The molecular formula is C31H26F2N6O3S. The average Bonchev–Trinajstić information content (AvgIpc) is 3.57. The number of carbonyl (C=O) groups excluding carboxylic acids is 1. The van der Waals surface area contributed by atoms with E-state index < -0.39 is 29.4 Å². The van der Waals surface area contributed by atoms with Crippen molar-refractivity contribution >= 4 is 38.8 Å². The number of pyridine rings is 1. The fourth-order valence-corrected chi connectivity index (χ4v) is 6.41. The lowest BCUT2D eigenvalue weighted by Gasteiger charge is -2.16. The minimum atomic E-state index is -0.813. The zero-order chi connectivity index (χ0) is 30.4. The molecule has 0 unspecified atom stereocenters. The molecule has 0 spiro atoms. The molecule has 0 saturated heterocycles. The highest BCUT2D eigenvalue weighted by atomic mass is 32.1. The summed E-state index contributed by atoms with van der Waals surface area (Å²) in [5.41, 5.74) is 6.65. The predicted molar refractivity (Wildman–Crippen MR) is 163 cm³/mol. The van der Waals surface area contributed by atoms with Gasteiger partial charge in [0.1, 0.15) is 22.3 Å². The van der Waals surface area contributed by atoms with Crippen LogP contribution in [-0.2, 0) is 17.9 Å². The summed E-state index contributed by atoms with van der Waals surface area (Å²) >= 11 is 1.20. The second kappa shape index (κ2) is 11.0. The molecule has 2 N–H and O–H groups in total. The molecule has 5 aromatic rings. The number of anilines is 2. The molecule has 218 valence electrons. The van der Waals surface area contributed by atoms with Gasteiger partial charge in [-0.25, -0.2) is 23.1 Å².